The standard InChI is InChI=1S/C11H18F3N5O/c1-3-10(2,4-5-20)18-8-6-7(11(12,13)14)16-9(17-8)19-15/h6,20H,3-5,15H2,1-2H3,(H2,16,17,18,19). The second-order valence-electron chi connectivity index (χ2n) is 4.62. The van der Waals surface area contributed by atoms with Crippen molar-refractivity contribution in [1.82, 2.24) is 9.97 Å². The average molecular weight is 293 g/mol. The summed E-state index contributed by atoms with van der Waals surface area (Å²) >= 11 is 0. The zero-order valence-electron chi connectivity index (χ0n) is 11.3. The number of nitrogens with two attached hydrogens (primary N) is 1. The Labute approximate surface area is 114 Å². The molecule has 114 valence electrons. The third-order valence-electron chi connectivity index (χ3n) is 3.02. The van der Waals surface area contributed by atoms with Crippen molar-refractivity contribution in [2.24, 2.45) is 5.84 Å². The molecule has 0 aliphatic heterocycles. The van der Waals surface area contributed by atoms with Gasteiger partial charge in [0.25, 0.3) is 0 Å². The van der Waals surface area contributed by atoms with Gasteiger partial charge in [0.05, 0.1) is 0 Å². The molecule has 1 aromatic heterocycles. The first-order valence-corrected chi connectivity index (χ1v) is 6.06. The Hall–Kier alpha value is -1.61. The minimum Gasteiger partial charge on any atom is -0.396 e. The van der Waals surface area contributed by atoms with E-state index in [1.165, 1.54) is 0 Å². The zero-order chi connectivity index (χ0) is 15.4. The van der Waals surface area contributed by atoms with Crippen LogP contribution in [0.25, 0.3) is 0 Å². The first-order valence-electron chi connectivity index (χ1n) is 6.06. The molecule has 1 rings (SSSR count). The number of nitrogen functional groups attached to an aromatic ring is 1. The smallest absolute Gasteiger partial charge is 0.396 e. The number of rotatable bonds is 6. The summed E-state index contributed by atoms with van der Waals surface area (Å²) in [5.74, 6) is 4.74. The maximum atomic E-state index is 12.7. The van der Waals surface area contributed by atoms with Gasteiger partial charge >= 0.3 is 6.18 Å². The number of halogens is 3. The molecule has 0 spiro atoms. The first kappa shape index (κ1) is 16.4. The van der Waals surface area contributed by atoms with Gasteiger partial charge in [0.1, 0.15) is 5.82 Å². The highest BCUT2D eigenvalue weighted by Gasteiger charge is 2.34. The molecule has 1 atom stereocenters. The second kappa shape index (κ2) is 6.23. The number of nitrogens with zero attached hydrogens (tertiary/aromatic N) is 2. The Morgan fingerprint density at radius 3 is 2.45 bits per heavy atom. The van der Waals surface area contributed by atoms with Crippen LogP contribution in [0, 0.1) is 0 Å². The fourth-order valence-electron chi connectivity index (χ4n) is 1.60. The molecule has 0 saturated carbocycles. The summed E-state index contributed by atoms with van der Waals surface area (Å²) in [5.41, 5.74) is 0.340. The summed E-state index contributed by atoms with van der Waals surface area (Å²) in [5, 5.41) is 11.9. The quantitative estimate of drug-likeness (QED) is 0.471. The van der Waals surface area contributed by atoms with Crippen LogP contribution in [0.3, 0.4) is 0 Å². The van der Waals surface area contributed by atoms with Gasteiger partial charge in [0.15, 0.2) is 5.69 Å². The van der Waals surface area contributed by atoms with Crippen LogP contribution in [0.4, 0.5) is 24.9 Å². The van der Waals surface area contributed by atoms with Crippen molar-refractivity contribution in [2.45, 2.75) is 38.4 Å². The van der Waals surface area contributed by atoms with E-state index >= 15 is 0 Å². The van der Waals surface area contributed by atoms with Gasteiger partial charge in [0.2, 0.25) is 5.95 Å². The lowest BCUT2D eigenvalue weighted by Gasteiger charge is -2.29. The molecule has 0 aromatic carbocycles. The van der Waals surface area contributed by atoms with Crippen molar-refractivity contribution >= 4 is 11.8 Å². The van der Waals surface area contributed by atoms with Crippen LogP contribution >= 0.6 is 0 Å². The summed E-state index contributed by atoms with van der Waals surface area (Å²) in [4.78, 5) is 7.10. The van der Waals surface area contributed by atoms with Crippen molar-refractivity contribution in [3.05, 3.63) is 11.8 Å². The monoisotopic (exact) mass is 293 g/mol. The van der Waals surface area contributed by atoms with Gasteiger partial charge in [-0.05, 0) is 19.8 Å². The maximum Gasteiger partial charge on any atom is 0.433 e. The van der Waals surface area contributed by atoms with Crippen molar-refractivity contribution in [2.75, 3.05) is 17.3 Å². The predicted octanol–water partition coefficient (Wildman–Crippen LogP) is 1.74. The van der Waals surface area contributed by atoms with E-state index in [1.54, 1.807) is 6.92 Å². The topological polar surface area (TPSA) is 96.1 Å². The Kier molecular flexibility index (Phi) is 5.12. The van der Waals surface area contributed by atoms with Crippen molar-refractivity contribution in [1.29, 1.82) is 0 Å². The Balaban J connectivity index is 3.11. The van der Waals surface area contributed by atoms with Gasteiger partial charge in [-0.25, -0.2) is 10.8 Å². The van der Waals surface area contributed by atoms with Crippen LogP contribution in [-0.2, 0) is 6.18 Å². The fourth-order valence-corrected chi connectivity index (χ4v) is 1.60. The molecule has 0 bridgehead atoms. The first-order chi connectivity index (χ1) is 9.24. The number of aliphatic hydroxyl groups excluding tert-OH is 1. The number of alkyl halides is 3. The van der Waals surface area contributed by atoms with E-state index in [4.69, 9.17) is 10.9 Å². The van der Waals surface area contributed by atoms with Crippen molar-refractivity contribution < 1.29 is 18.3 Å². The summed E-state index contributed by atoms with van der Waals surface area (Å²) in [6.45, 7) is 3.56. The molecule has 0 aliphatic rings. The molecule has 1 aromatic rings. The van der Waals surface area contributed by atoms with Crippen LogP contribution < -0.4 is 16.6 Å². The number of hydrogen-bond acceptors (Lipinski definition) is 6. The highest BCUT2D eigenvalue weighted by Crippen LogP contribution is 2.30. The summed E-state index contributed by atoms with van der Waals surface area (Å²) in [7, 11) is 0. The molecule has 0 aliphatic carbocycles. The Bertz CT molecular complexity index is 454. The second-order valence-corrected chi connectivity index (χ2v) is 4.62. The molecule has 1 heterocycles. The summed E-state index contributed by atoms with van der Waals surface area (Å²) in [6.07, 6.45) is -3.62. The Morgan fingerprint density at radius 1 is 1.35 bits per heavy atom. The van der Waals surface area contributed by atoms with Gasteiger partial charge in [-0.15, -0.1) is 0 Å². The van der Waals surface area contributed by atoms with Gasteiger partial charge in [-0.2, -0.15) is 18.2 Å². The number of aliphatic hydroxyl groups is 1. The highest BCUT2D eigenvalue weighted by molar-refractivity contribution is 5.44. The summed E-state index contributed by atoms with van der Waals surface area (Å²) in [6, 6.07) is 0.812. The SMILES string of the molecule is CCC(C)(CCO)Nc1cc(C(F)(F)F)nc(NN)n1. The molecule has 0 fully saturated rings. The third kappa shape index (κ3) is 4.20. The molecule has 0 saturated heterocycles. The fraction of sp³-hybridized carbons (Fsp3) is 0.636. The van der Waals surface area contributed by atoms with Crippen LogP contribution in [0.5, 0.6) is 0 Å². The van der Waals surface area contributed by atoms with Crippen molar-refractivity contribution in [3.8, 4) is 0 Å². The van der Waals surface area contributed by atoms with E-state index in [-0.39, 0.29) is 18.4 Å². The van der Waals surface area contributed by atoms with Crippen molar-refractivity contribution in [3.63, 3.8) is 0 Å². The predicted molar refractivity (Wildman–Crippen MR) is 68.9 cm³/mol. The van der Waals surface area contributed by atoms with E-state index < -0.39 is 17.4 Å². The minimum absolute atomic E-state index is 0.00178. The zero-order valence-corrected chi connectivity index (χ0v) is 11.3. The lowest BCUT2D eigenvalue weighted by Crippen LogP contribution is -2.35. The van der Waals surface area contributed by atoms with Gasteiger partial charge in [0, 0.05) is 18.2 Å². The van der Waals surface area contributed by atoms with Gasteiger partial charge in [-0.3, -0.25) is 5.43 Å². The lowest BCUT2D eigenvalue weighted by atomic mass is 9.95. The molecule has 1 unspecified atom stereocenters. The molecule has 0 radical (unpaired) electrons. The Morgan fingerprint density at radius 2 is 2.00 bits per heavy atom. The van der Waals surface area contributed by atoms with Gasteiger partial charge in [-0.1, -0.05) is 6.92 Å². The van der Waals surface area contributed by atoms with Crippen LogP contribution in [0.15, 0.2) is 6.07 Å². The number of hydrogen-bond donors (Lipinski definition) is 4. The third-order valence-corrected chi connectivity index (χ3v) is 3.02. The maximum absolute atomic E-state index is 12.7. The molecule has 20 heavy (non-hydrogen) atoms. The number of nitrogens with one attached hydrogen (secondary N) is 2. The lowest BCUT2D eigenvalue weighted by molar-refractivity contribution is -0.141. The number of hydrazine groups is 1. The highest BCUT2D eigenvalue weighted by atomic mass is 19.4. The van der Waals surface area contributed by atoms with Crippen LogP contribution in [0.2, 0.25) is 0 Å². The van der Waals surface area contributed by atoms with E-state index in [1.807, 2.05) is 12.3 Å². The van der Waals surface area contributed by atoms with E-state index in [9.17, 15) is 13.2 Å². The molecule has 6 nitrogen and oxygen atoms in total. The number of anilines is 2. The molecule has 9 heteroatoms. The van der Waals surface area contributed by atoms with Crippen LogP contribution in [0.1, 0.15) is 32.4 Å². The normalized spacial score (nSPS) is 14.8. The van der Waals surface area contributed by atoms with E-state index in [0.29, 0.717) is 12.8 Å². The van der Waals surface area contributed by atoms with E-state index in [0.717, 1.165) is 6.07 Å². The summed E-state index contributed by atoms with van der Waals surface area (Å²) < 4.78 is 38.2. The largest absolute Gasteiger partial charge is 0.433 e. The molecule has 5 N–H and O–H groups in total. The van der Waals surface area contributed by atoms with Gasteiger partial charge < -0.3 is 10.4 Å². The average Bonchev–Trinajstić information content (AvgIpc) is 2.37. The van der Waals surface area contributed by atoms with Crippen LogP contribution in [-0.4, -0.2) is 27.2 Å². The molecular weight excluding hydrogens is 275 g/mol. The van der Waals surface area contributed by atoms with E-state index in [2.05, 4.69) is 15.3 Å². The molecular formula is C11H18F3N5O. The molecule has 0 amide bonds. The minimum atomic E-state index is -4.59. The number of aromatic nitrogens is 2.